The topological polar surface area (TPSA) is 48.0 Å². The molecule has 0 bridgehead atoms. The summed E-state index contributed by atoms with van der Waals surface area (Å²) in [4.78, 5) is 11.9. The van der Waals surface area contributed by atoms with Crippen LogP contribution in [-0.2, 0) is 12.7 Å². The van der Waals surface area contributed by atoms with Gasteiger partial charge in [0.1, 0.15) is 5.82 Å². The van der Waals surface area contributed by atoms with Gasteiger partial charge in [-0.1, -0.05) is 29.8 Å². The van der Waals surface area contributed by atoms with Gasteiger partial charge in [0.25, 0.3) is 0 Å². The molecule has 2 N–H and O–H groups in total. The number of rotatable bonds is 3. The highest BCUT2D eigenvalue weighted by Gasteiger charge is 2.34. The lowest BCUT2D eigenvalue weighted by Gasteiger charge is -2.12. The van der Waals surface area contributed by atoms with Crippen LogP contribution in [0.1, 0.15) is 21.5 Å². The molecule has 3 nitrogen and oxygen atoms in total. The smallest absolute Gasteiger partial charge is 0.366 e. The van der Waals surface area contributed by atoms with Gasteiger partial charge in [0.2, 0.25) is 5.91 Å². The van der Waals surface area contributed by atoms with E-state index in [0.717, 1.165) is 12.1 Å². The number of alkyl halides is 3. The van der Waals surface area contributed by atoms with E-state index in [-0.39, 0.29) is 17.7 Å². The molecule has 0 saturated heterocycles. The number of benzene rings is 3. The Labute approximate surface area is 167 Å². The summed E-state index contributed by atoms with van der Waals surface area (Å²) in [7, 11) is 0. The molecular formula is C21H12ClF4N2O. The number of nitrogens with two attached hydrogens (primary N) is 1. The number of halogens is 5. The van der Waals surface area contributed by atoms with Crippen LogP contribution in [-0.4, -0.2) is 10.5 Å². The highest BCUT2D eigenvalue weighted by molar-refractivity contribution is 6.36. The molecule has 0 saturated carbocycles. The van der Waals surface area contributed by atoms with Gasteiger partial charge in [0, 0.05) is 22.9 Å². The third kappa shape index (κ3) is 3.21. The van der Waals surface area contributed by atoms with Gasteiger partial charge in [0.05, 0.1) is 21.6 Å². The minimum Gasteiger partial charge on any atom is -0.366 e. The average Bonchev–Trinajstić information content (AvgIpc) is 2.97. The first kappa shape index (κ1) is 19.3. The predicted molar refractivity (Wildman–Crippen MR) is 102 cm³/mol. The molecule has 1 heterocycles. The van der Waals surface area contributed by atoms with Crippen molar-refractivity contribution >= 4 is 39.3 Å². The van der Waals surface area contributed by atoms with Gasteiger partial charge in [-0.15, -0.1) is 0 Å². The Bertz CT molecular complexity index is 1280. The lowest BCUT2D eigenvalue weighted by molar-refractivity contribution is -0.140. The van der Waals surface area contributed by atoms with Crippen molar-refractivity contribution in [2.75, 3.05) is 0 Å². The number of nitrogens with zero attached hydrogens (tertiary/aromatic N) is 1. The average molecular weight is 420 g/mol. The maximum absolute atomic E-state index is 13.7. The standard InChI is InChI=1S/C21H12ClF4N2O/c22-15-5-1-3-12-18-13(20(27)29)4-2-6-17(18)28(19(12)15)10-11-7-8-16(23)14(9-11)21(24,25)26/h1-2,4-9H,10H2,(H2,27,29). The molecule has 0 unspecified atom stereocenters. The quantitative estimate of drug-likeness (QED) is 0.435. The minimum absolute atomic E-state index is 0.0247. The van der Waals surface area contributed by atoms with Crippen LogP contribution >= 0.6 is 11.6 Å². The van der Waals surface area contributed by atoms with Crippen molar-refractivity contribution in [1.82, 2.24) is 4.57 Å². The van der Waals surface area contributed by atoms with Crippen molar-refractivity contribution in [1.29, 1.82) is 0 Å². The maximum Gasteiger partial charge on any atom is 0.419 e. The molecule has 1 aromatic heterocycles. The maximum atomic E-state index is 13.7. The molecule has 4 rings (SSSR count). The highest BCUT2D eigenvalue weighted by Crippen LogP contribution is 2.37. The fraction of sp³-hybridized carbons (Fsp3) is 0.0952. The number of carbonyl (C=O) groups is 1. The third-order valence-electron chi connectivity index (χ3n) is 4.72. The van der Waals surface area contributed by atoms with Gasteiger partial charge in [0.15, 0.2) is 0 Å². The summed E-state index contributed by atoms with van der Waals surface area (Å²) in [6, 6.07) is 13.9. The molecule has 29 heavy (non-hydrogen) atoms. The molecule has 0 aliphatic heterocycles. The molecule has 0 aliphatic carbocycles. The van der Waals surface area contributed by atoms with E-state index >= 15 is 0 Å². The van der Waals surface area contributed by atoms with E-state index in [1.807, 2.05) is 0 Å². The largest absolute Gasteiger partial charge is 0.419 e. The van der Waals surface area contributed by atoms with Gasteiger partial charge in [-0.3, -0.25) is 4.79 Å². The van der Waals surface area contributed by atoms with Gasteiger partial charge in [-0.25, -0.2) is 4.39 Å². The molecular weight excluding hydrogens is 408 g/mol. The summed E-state index contributed by atoms with van der Waals surface area (Å²) in [6.45, 7) is -0.0247. The Hall–Kier alpha value is -3.06. The summed E-state index contributed by atoms with van der Waals surface area (Å²) < 4.78 is 54.6. The van der Waals surface area contributed by atoms with Gasteiger partial charge in [-0.2, -0.15) is 13.2 Å². The van der Waals surface area contributed by atoms with Crippen LogP contribution in [0.15, 0.2) is 48.5 Å². The van der Waals surface area contributed by atoms with Crippen LogP contribution in [0.4, 0.5) is 17.6 Å². The van der Waals surface area contributed by atoms with E-state index in [0.29, 0.717) is 26.8 Å². The lowest BCUT2D eigenvalue weighted by Crippen LogP contribution is -2.11. The number of hydrogen-bond donors (Lipinski definition) is 1. The molecule has 8 heteroatoms. The second-order valence-electron chi connectivity index (χ2n) is 6.51. The molecule has 0 aliphatic rings. The van der Waals surface area contributed by atoms with Crippen molar-refractivity contribution in [3.8, 4) is 0 Å². The van der Waals surface area contributed by atoms with Crippen molar-refractivity contribution in [3.05, 3.63) is 82.1 Å². The number of fused-ring (bicyclic) bond motifs is 3. The Morgan fingerprint density at radius 2 is 1.93 bits per heavy atom. The second kappa shape index (κ2) is 6.77. The van der Waals surface area contributed by atoms with E-state index in [4.69, 9.17) is 17.3 Å². The van der Waals surface area contributed by atoms with E-state index in [1.54, 1.807) is 34.9 Å². The van der Waals surface area contributed by atoms with E-state index in [2.05, 4.69) is 6.07 Å². The second-order valence-corrected chi connectivity index (χ2v) is 6.92. The summed E-state index contributed by atoms with van der Waals surface area (Å²) in [5.41, 5.74) is 5.68. The van der Waals surface area contributed by atoms with Gasteiger partial charge < -0.3 is 10.3 Å². The minimum atomic E-state index is -4.81. The fourth-order valence-corrected chi connectivity index (χ4v) is 3.77. The molecule has 3 aromatic carbocycles. The molecule has 0 spiro atoms. The van der Waals surface area contributed by atoms with Crippen LogP contribution in [0, 0.1) is 11.9 Å². The Morgan fingerprint density at radius 1 is 1.17 bits per heavy atom. The lowest BCUT2D eigenvalue weighted by atomic mass is 10.1. The Kier molecular flexibility index (Phi) is 4.50. The molecule has 1 amide bonds. The summed E-state index contributed by atoms with van der Waals surface area (Å²) >= 11 is 6.36. The number of aromatic nitrogens is 1. The first-order valence-corrected chi connectivity index (χ1v) is 8.83. The fourth-order valence-electron chi connectivity index (χ4n) is 3.51. The van der Waals surface area contributed by atoms with Crippen molar-refractivity contribution in [2.24, 2.45) is 5.73 Å². The molecule has 0 atom stereocenters. The predicted octanol–water partition coefficient (Wildman–Crippen LogP) is 5.55. The first-order chi connectivity index (χ1) is 13.7. The third-order valence-corrected chi connectivity index (χ3v) is 5.02. The number of hydrogen-bond acceptors (Lipinski definition) is 1. The highest BCUT2D eigenvalue weighted by atomic mass is 35.5. The summed E-state index contributed by atoms with van der Waals surface area (Å²) in [6.07, 6.45) is -4.81. The monoisotopic (exact) mass is 419 g/mol. The van der Waals surface area contributed by atoms with Crippen molar-refractivity contribution < 1.29 is 22.4 Å². The molecule has 0 fully saturated rings. The number of amides is 1. The molecule has 147 valence electrons. The molecule has 1 radical (unpaired) electrons. The van der Waals surface area contributed by atoms with E-state index in [1.165, 1.54) is 6.07 Å². The SMILES string of the molecule is NC(=O)c1cccc2c1c1[c]ccc(Cl)c1n2Cc1ccc(F)c(C(F)(F)F)c1. The van der Waals surface area contributed by atoms with Crippen LogP contribution in [0.2, 0.25) is 5.02 Å². The first-order valence-electron chi connectivity index (χ1n) is 8.45. The van der Waals surface area contributed by atoms with Crippen LogP contribution in [0.5, 0.6) is 0 Å². The zero-order chi connectivity index (χ0) is 20.9. The van der Waals surface area contributed by atoms with Gasteiger partial charge >= 0.3 is 6.18 Å². The van der Waals surface area contributed by atoms with Crippen molar-refractivity contribution in [2.45, 2.75) is 12.7 Å². The molecule has 4 aromatic rings. The van der Waals surface area contributed by atoms with Crippen LogP contribution in [0.25, 0.3) is 21.8 Å². The van der Waals surface area contributed by atoms with Crippen LogP contribution < -0.4 is 5.73 Å². The summed E-state index contributed by atoms with van der Waals surface area (Å²) in [5, 5.41) is 1.37. The number of primary amides is 1. The Morgan fingerprint density at radius 3 is 2.62 bits per heavy atom. The zero-order valence-corrected chi connectivity index (χ0v) is 15.4. The van der Waals surface area contributed by atoms with Crippen LogP contribution in [0.3, 0.4) is 0 Å². The number of carbonyl (C=O) groups excluding carboxylic acids is 1. The zero-order valence-electron chi connectivity index (χ0n) is 14.6. The van der Waals surface area contributed by atoms with E-state index in [9.17, 15) is 22.4 Å². The van der Waals surface area contributed by atoms with Gasteiger partial charge in [-0.05, 0) is 42.0 Å². The van der Waals surface area contributed by atoms with Crippen molar-refractivity contribution in [3.63, 3.8) is 0 Å². The summed E-state index contributed by atoms with van der Waals surface area (Å²) in [5.74, 6) is -1.99. The van der Waals surface area contributed by atoms with E-state index < -0.39 is 23.5 Å². The normalized spacial score (nSPS) is 12.0. The Balaban J connectivity index is 1.99.